The lowest BCUT2D eigenvalue weighted by atomic mass is 10.2. The minimum absolute atomic E-state index is 0.219. The van der Waals surface area contributed by atoms with E-state index in [0.717, 1.165) is 18.6 Å². The molecule has 1 aromatic heterocycles. The van der Waals surface area contributed by atoms with Crippen LogP contribution in [0.5, 0.6) is 0 Å². The van der Waals surface area contributed by atoms with E-state index in [1.54, 1.807) is 4.57 Å². The van der Waals surface area contributed by atoms with Gasteiger partial charge in [-0.15, -0.1) is 0 Å². The number of unbranched alkanes of at least 4 members (excludes halogenated alkanes) is 1. The minimum Gasteiger partial charge on any atom is -0.331 e. The third-order valence-electron chi connectivity index (χ3n) is 2.88. The number of nitrogens with one attached hydrogen (secondary N) is 1. The topological polar surface area (TPSA) is 72.9 Å². The number of halogens is 2. The van der Waals surface area contributed by atoms with Gasteiger partial charge in [0.15, 0.2) is 11.6 Å². The van der Waals surface area contributed by atoms with Crippen LogP contribution in [-0.4, -0.2) is 15.5 Å². The molecule has 0 aliphatic heterocycles. The highest BCUT2D eigenvalue weighted by molar-refractivity contribution is 5.75. The van der Waals surface area contributed by atoms with Crippen LogP contribution >= 0.6 is 0 Å². The number of fused-ring (bicyclic) bond motifs is 1. The van der Waals surface area contributed by atoms with Crippen molar-refractivity contribution in [1.29, 1.82) is 0 Å². The Morgan fingerprint density at radius 2 is 2.05 bits per heavy atom. The maximum Gasteiger partial charge on any atom is 0.233 e. The lowest BCUT2D eigenvalue weighted by Crippen LogP contribution is -2.29. The summed E-state index contributed by atoms with van der Waals surface area (Å²) in [5.74, 6) is 2.95. The van der Waals surface area contributed by atoms with E-state index in [-0.39, 0.29) is 5.91 Å². The molecule has 0 spiro atoms. The van der Waals surface area contributed by atoms with Crippen molar-refractivity contribution in [2.24, 2.45) is 5.84 Å². The molecule has 0 saturated heterocycles. The maximum atomic E-state index is 13.2. The molecule has 0 aliphatic carbocycles. The van der Waals surface area contributed by atoms with E-state index in [4.69, 9.17) is 5.84 Å². The van der Waals surface area contributed by atoms with Crippen molar-refractivity contribution in [1.82, 2.24) is 15.0 Å². The number of imidazole rings is 1. The Morgan fingerprint density at radius 1 is 1.32 bits per heavy atom. The zero-order chi connectivity index (χ0) is 13.8. The maximum absolute atomic E-state index is 13.2. The highest BCUT2D eigenvalue weighted by Gasteiger charge is 2.09. The molecule has 0 aliphatic rings. The Kier molecular flexibility index (Phi) is 4.06. The molecule has 3 N–H and O–H groups in total. The van der Waals surface area contributed by atoms with Crippen LogP contribution in [0.25, 0.3) is 11.0 Å². The number of carbonyl (C=O) groups excluding carboxylic acids is 1. The largest absolute Gasteiger partial charge is 0.331 e. The van der Waals surface area contributed by atoms with Crippen molar-refractivity contribution < 1.29 is 13.6 Å². The van der Waals surface area contributed by atoms with E-state index in [2.05, 4.69) is 10.4 Å². The van der Waals surface area contributed by atoms with E-state index in [1.165, 1.54) is 6.33 Å². The third kappa shape index (κ3) is 3.05. The van der Waals surface area contributed by atoms with E-state index in [9.17, 15) is 13.6 Å². The number of carbonyl (C=O) groups is 1. The minimum atomic E-state index is -0.905. The summed E-state index contributed by atoms with van der Waals surface area (Å²) < 4.78 is 27.9. The standard InChI is InChI=1S/C12H14F2N4O/c13-8-5-10-11(6-9(8)14)18(7-16-10)4-2-1-3-12(19)17-15/h5-7H,1-4,15H2,(H,17,19). The molecule has 1 amide bonds. The van der Waals surface area contributed by atoms with Gasteiger partial charge in [-0.05, 0) is 12.8 Å². The molecule has 0 unspecified atom stereocenters. The molecule has 0 bridgehead atoms. The number of aryl methyl sites for hydroxylation is 1. The lowest BCUT2D eigenvalue weighted by Gasteiger charge is -2.04. The summed E-state index contributed by atoms with van der Waals surface area (Å²) in [6, 6.07) is 2.20. The van der Waals surface area contributed by atoms with Crippen LogP contribution in [0, 0.1) is 11.6 Å². The molecule has 1 aromatic carbocycles. The van der Waals surface area contributed by atoms with Crippen molar-refractivity contribution >= 4 is 16.9 Å². The molecule has 19 heavy (non-hydrogen) atoms. The fourth-order valence-electron chi connectivity index (χ4n) is 1.87. The smallest absolute Gasteiger partial charge is 0.233 e. The Labute approximate surface area is 108 Å². The van der Waals surface area contributed by atoms with Gasteiger partial charge in [-0.2, -0.15) is 0 Å². The van der Waals surface area contributed by atoms with Gasteiger partial charge >= 0.3 is 0 Å². The second-order valence-electron chi connectivity index (χ2n) is 4.22. The van der Waals surface area contributed by atoms with E-state index >= 15 is 0 Å². The summed E-state index contributed by atoms with van der Waals surface area (Å²) in [5, 5.41) is 0. The molecule has 2 aromatic rings. The molecule has 7 heteroatoms. The van der Waals surface area contributed by atoms with Crippen LogP contribution in [0.1, 0.15) is 19.3 Å². The van der Waals surface area contributed by atoms with Gasteiger partial charge in [-0.1, -0.05) is 0 Å². The fourth-order valence-corrected chi connectivity index (χ4v) is 1.87. The van der Waals surface area contributed by atoms with Crippen molar-refractivity contribution in [2.45, 2.75) is 25.8 Å². The summed E-state index contributed by atoms with van der Waals surface area (Å²) in [6.45, 7) is 0.583. The molecule has 2 rings (SSSR count). The molecule has 0 atom stereocenters. The van der Waals surface area contributed by atoms with Gasteiger partial charge in [0.05, 0.1) is 17.4 Å². The molecular formula is C12H14F2N4O. The van der Waals surface area contributed by atoms with Gasteiger partial charge in [0.1, 0.15) is 0 Å². The highest BCUT2D eigenvalue weighted by Crippen LogP contribution is 2.18. The Bertz CT molecular complexity index is 597. The first-order chi connectivity index (χ1) is 9.11. The molecular weight excluding hydrogens is 254 g/mol. The van der Waals surface area contributed by atoms with Crippen LogP contribution in [-0.2, 0) is 11.3 Å². The van der Waals surface area contributed by atoms with Gasteiger partial charge < -0.3 is 4.57 Å². The summed E-state index contributed by atoms with van der Waals surface area (Å²) in [4.78, 5) is 14.9. The van der Waals surface area contributed by atoms with Crippen molar-refractivity contribution in [3.63, 3.8) is 0 Å². The number of nitrogens with zero attached hydrogens (tertiary/aromatic N) is 2. The number of nitrogens with two attached hydrogens (primary N) is 1. The van der Waals surface area contributed by atoms with E-state index in [0.29, 0.717) is 30.4 Å². The number of hydrazine groups is 1. The molecule has 0 saturated carbocycles. The molecule has 5 nitrogen and oxygen atoms in total. The molecule has 0 fully saturated rings. The monoisotopic (exact) mass is 268 g/mol. The highest BCUT2D eigenvalue weighted by atomic mass is 19.2. The molecule has 0 radical (unpaired) electrons. The zero-order valence-corrected chi connectivity index (χ0v) is 10.2. The van der Waals surface area contributed by atoms with Gasteiger partial charge in [0.2, 0.25) is 5.91 Å². The predicted octanol–water partition coefficient (Wildman–Crippen LogP) is 1.47. The first-order valence-electron chi connectivity index (χ1n) is 5.91. The second-order valence-corrected chi connectivity index (χ2v) is 4.22. The van der Waals surface area contributed by atoms with Gasteiger partial charge in [-0.3, -0.25) is 10.2 Å². The van der Waals surface area contributed by atoms with E-state index < -0.39 is 11.6 Å². The Hall–Kier alpha value is -2.02. The summed E-state index contributed by atoms with van der Waals surface area (Å²) >= 11 is 0. The normalized spacial score (nSPS) is 10.9. The molecule has 102 valence electrons. The number of rotatable bonds is 5. The number of aromatic nitrogens is 2. The number of amides is 1. The number of hydrogen-bond acceptors (Lipinski definition) is 3. The van der Waals surface area contributed by atoms with Crippen molar-refractivity contribution in [2.75, 3.05) is 0 Å². The van der Waals surface area contributed by atoms with Crippen molar-refractivity contribution in [3.05, 3.63) is 30.1 Å². The van der Waals surface area contributed by atoms with E-state index in [1.807, 2.05) is 0 Å². The van der Waals surface area contributed by atoms with Crippen LogP contribution in [0.15, 0.2) is 18.5 Å². The zero-order valence-electron chi connectivity index (χ0n) is 10.2. The average molecular weight is 268 g/mol. The second kappa shape index (κ2) is 5.75. The Morgan fingerprint density at radius 3 is 2.79 bits per heavy atom. The number of hydrogen-bond donors (Lipinski definition) is 2. The first-order valence-corrected chi connectivity index (χ1v) is 5.91. The van der Waals surface area contributed by atoms with Gasteiger partial charge in [0.25, 0.3) is 0 Å². The summed E-state index contributed by atoms with van der Waals surface area (Å²) in [5.41, 5.74) is 3.01. The third-order valence-corrected chi connectivity index (χ3v) is 2.88. The molecule has 1 heterocycles. The predicted molar refractivity (Wildman–Crippen MR) is 65.8 cm³/mol. The van der Waals surface area contributed by atoms with Crippen LogP contribution in [0.4, 0.5) is 8.78 Å². The number of benzene rings is 1. The first kappa shape index (κ1) is 13.4. The van der Waals surface area contributed by atoms with Gasteiger partial charge in [0, 0.05) is 25.1 Å². The van der Waals surface area contributed by atoms with Crippen LogP contribution < -0.4 is 11.3 Å². The summed E-state index contributed by atoms with van der Waals surface area (Å²) in [7, 11) is 0. The van der Waals surface area contributed by atoms with Crippen molar-refractivity contribution in [3.8, 4) is 0 Å². The average Bonchev–Trinajstić information content (AvgIpc) is 2.77. The van der Waals surface area contributed by atoms with Crippen LogP contribution in [0.2, 0.25) is 0 Å². The van der Waals surface area contributed by atoms with Crippen LogP contribution in [0.3, 0.4) is 0 Å². The van der Waals surface area contributed by atoms with Gasteiger partial charge in [-0.25, -0.2) is 19.6 Å². The fraction of sp³-hybridized carbons (Fsp3) is 0.333. The summed E-state index contributed by atoms with van der Waals surface area (Å²) in [6.07, 6.45) is 3.25. The SMILES string of the molecule is NNC(=O)CCCCn1cnc2cc(F)c(F)cc21. The lowest BCUT2D eigenvalue weighted by molar-refractivity contribution is -0.121. The quantitative estimate of drug-likeness (QED) is 0.373. The Balaban J connectivity index is 2.01.